The van der Waals surface area contributed by atoms with E-state index in [9.17, 15) is 14.4 Å². The number of fused-ring (bicyclic) bond motifs is 6. The normalized spacial score (nSPS) is 16.6. The summed E-state index contributed by atoms with van der Waals surface area (Å²) in [5.41, 5.74) is 3.04. The average Bonchev–Trinajstić information content (AvgIpc) is 3.72. The van der Waals surface area contributed by atoms with Gasteiger partial charge in [-0.3, -0.25) is 14.4 Å². The summed E-state index contributed by atoms with van der Waals surface area (Å²) in [6.45, 7) is 2.34. The van der Waals surface area contributed by atoms with Gasteiger partial charge in [0.1, 0.15) is 17.5 Å². The molecule has 0 radical (unpaired) electrons. The summed E-state index contributed by atoms with van der Waals surface area (Å²) in [6, 6.07) is 19.5. The lowest BCUT2D eigenvalue weighted by atomic mass is 10.0. The van der Waals surface area contributed by atoms with Gasteiger partial charge in [-0.2, -0.15) is 0 Å². The molecule has 0 spiro atoms. The minimum Gasteiger partial charge on any atom is -0.493 e. The number of amides is 3. The zero-order valence-electron chi connectivity index (χ0n) is 27.0. The van der Waals surface area contributed by atoms with E-state index in [1.54, 1.807) is 26.2 Å². The Morgan fingerprint density at radius 1 is 0.979 bits per heavy atom. The van der Waals surface area contributed by atoms with E-state index in [0.29, 0.717) is 58.7 Å². The summed E-state index contributed by atoms with van der Waals surface area (Å²) in [4.78, 5) is 46.8. The molecule has 12 heteroatoms. The van der Waals surface area contributed by atoms with Crippen LogP contribution in [-0.2, 0) is 33.8 Å². The number of carbonyl (C=O) groups excluding carboxylic acids is 3. The van der Waals surface area contributed by atoms with Crippen molar-refractivity contribution < 1.29 is 37.7 Å². The number of oxazole rings is 1. The number of methoxy groups -OCH3 is 1. The zero-order chi connectivity index (χ0) is 33.5. The summed E-state index contributed by atoms with van der Waals surface area (Å²) in [5.74, 6) is 2.25. The maximum Gasteiger partial charge on any atom is 0.243 e. The summed E-state index contributed by atoms with van der Waals surface area (Å²) in [7, 11) is 1.56. The minimum absolute atomic E-state index is 0.0965. The number of benzene rings is 3. The van der Waals surface area contributed by atoms with Gasteiger partial charge in [-0.15, -0.1) is 0 Å². The number of aryl methyl sites for hydroxylation is 2. The molecule has 3 heterocycles. The third-order valence-corrected chi connectivity index (χ3v) is 8.25. The van der Waals surface area contributed by atoms with E-state index in [2.05, 4.69) is 15.6 Å². The second-order valence-corrected chi connectivity index (χ2v) is 11.6. The third kappa shape index (κ3) is 7.88. The first kappa shape index (κ1) is 32.4. The van der Waals surface area contributed by atoms with E-state index in [4.69, 9.17) is 23.4 Å². The van der Waals surface area contributed by atoms with Crippen LogP contribution in [0.2, 0.25) is 0 Å². The second-order valence-electron chi connectivity index (χ2n) is 11.6. The number of nitrogens with zero attached hydrogens (tertiary/aromatic N) is 2. The standard InChI is InChI=1S/C36H38N4O8/c1-23-28-20-37-35(43)27(17-24-7-4-3-5-8-24)38-33(41)21-40(34(42)14-10-25-9-12-30-31(18-25)47-22-46-30)15-6-16-45-32-19-26(36(39-28)48-23)11-13-29(32)44-2/h3-5,7-9,11-13,18-19,27H,6,10,14-17,20-22H2,1-2H3,(H,37,43)(H,38,41)/t27-/m1/s1. The highest BCUT2D eigenvalue weighted by molar-refractivity contribution is 5.90. The molecule has 4 aromatic rings. The Kier molecular flexibility index (Phi) is 10.1. The fourth-order valence-electron chi connectivity index (χ4n) is 5.64. The molecule has 0 fully saturated rings. The zero-order valence-corrected chi connectivity index (χ0v) is 27.0. The van der Waals surface area contributed by atoms with E-state index in [1.807, 2.05) is 54.6 Å². The molecule has 3 amide bonds. The fourth-order valence-corrected chi connectivity index (χ4v) is 5.64. The predicted molar refractivity (Wildman–Crippen MR) is 175 cm³/mol. The van der Waals surface area contributed by atoms with Gasteiger partial charge in [-0.05, 0) is 61.2 Å². The van der Waals surface area contributed by atoms with Gasteiger partial charge in [-0.1, -0.05) is 36.4 Å². The van der Waals surface area contributed by atoms with Crippen molar-refractivity contribution in [1.82, 2.24) is 20.5 Å². The van der Waals surface area contributed by atoms with Crippen molar-refractivity contribution >= 4 is 17.7 Å². The topological polar surface area (TPSA) is 141 Å². The van der Waals surface area contributed by atoms with Crippen LogP contribution in [0.5, 0.6) is 23.0 Å². The van der Waals surface area contributed by atoms with Crippen LogP contribution in [-0.4, -0.2) is 67.2 Å². The van der Waals surface area contributed by atoms with Gasteiger partial charge < -0.3 is 38.9 Å². The van der Waals surface area contributed by atoms with Crippen LogP contribution in [0.1, 0.15) is 35.4 Å². The second kappa shape index (κ2) is 14.9. The van der Waals surface area contributed by atoms with Gasteiger partial charge in [0, 0.05) is 24.9 Å². The number of rotatable bonds is 6. The molecule has 1 aromatic heterocycles. The van der Waals surface area contributed by atoms with Crippen LogP contribution >= 0.6 is 0 Å². The highest BCUT2D eigenvalue weighted by atomic mass is 16.7. The molecule has 0 saturated heterocycles. The number of ether oxygens (including phenoxy) is 4. The van der Waals surface area contributed by atoms with Crippen molar-refractivity contribution in [3.8, 4) is 34.5 Å². The lowest BCUT2D eigenvalue weighted by Gasteiger charge is -2.25. The highest BCUT2D eigenvalue weighted by Crippen LogP contribution is 2.34. The molecule has 1 atom stereocenters. The van der Waals surface area contributed by atoms with Crippen LogP contribution in [0.25, 0.3) is 11.5 Å². The van der Waals surface area contributed by atoms with Crippen molar-refractivity contribution in [1.29, 1.82) is 0 Å². The molecule has 2 aliphatic rings. The van der Waals surface area contributed by atoms with Crippen molar-refractivity contribution in [2.45, 2.75) is 45.2 Å². The van der Waals surface area contributed by atoms with E-state index >= 15 is 0 Å². The number of hydrogen-bond acceptors (Lipinski definition) is 9. The maximum atomic E-state index is 13.6. The van der Waals surface area contributed by atoms with Crippen LogP contribution in [0.4, 0.5) is 0 Å². The molecule has 6 rings (SSSR count). The molecular weight excluding hydrogens is 616 g/mol. The predicted octanol–water partition coefficient (Wildman–Crippen LogP) is 3.97. The Bertz CT molecular complexity index is 1770. The molecule has 0 unspecified atom stereocenters. The van der Waals surface area contributed by atoms with Gasteiger partial charge in [-0.25, -0.2) is 4.98 Å². The van der Waals surface area contributed by atoms with E-state index in [0.717, 1.165) is 11.1 Å². The summed E-state index contributed by atoms with van der Waals surface area (Å²) in [5, 5.41) is 5.78. The van der Waals surface area contributed by atoms with Crippen LogP contribution < -0.4 is 29.6 Å². The summed E-state index contributed by atoms with van der Waals surface area (Å²) < 4.78 is 28.4. The maximum absolute atomic E-state index is 13.6. The molecule has 3 aromatic carbocycles. The number of nitrogens with one attached hydrogen (secondary N) is 2. The molecule has 2 aliphatic heterocycles. The third-order valence-electron chi connectivity index (χ3n) is 8.25. The van der Waals surface area contributed by atoms with Gasteiger partial charge >= 0.3 is 0 Å². The van der Waals surface area contributed by atoms with Crippen LogP contribution in [0.15, 0.2) is 71.1 Å². The van der Waals surface area contributed by atoms with Gasteiger partial charge in [0.2, 0.25) is 30.4 Å². The van der Waals surface area contributed by atoms with E-state index in [1.165, 1.54) is 4.90 Å². The Morgan fingerprint density at radius 2 is 1.81 bits per heavy atom. The smallest absolute Gasteiger partial charge is 0.243 e. The van der Waals surface area contributed by atoms with Crippen LogP contribution in [0, 0.1) is 6.92 Å². The molecule has 2 N–H and O–H groups in total. The Hall–Kier alpha value is -5.52. The van der Waals surface area contributed by atoms with E-state index in [-0.39, 0.29) is 57.7 Å². The number of carbonyl (C=O) groups is 3. The fraction of sp³-hybridized carbons (Fsp3) is 0.333. The Morgan fingerprint density at radius 3 is 2.65 bits per heavy atom. The molecule has 48 heavy (non-hydrogen) atoms. The number of hydrogen-bond donors (Lipinski definition) is 2. The molecule has 250 valence electrons. The van der Waals surface area contributed by atoms with Crippen molar-refractivity contribution in [2.24, 2.45) is 0 Å². The molecule has 4 bridgehead atoms. The summed E-state index contributed by atoms with van der Waals surface area (Å²) in [6.07, 6.45) is 1.33. The highest BCUT2D eigenvalue weighted by Gasteiger charge is 2.25. The van der Waals surface area contributed by atoms with Gasteiger partial charge in [0.05, 0.1) is 26.8 Å². The molecular formula is C36H38N4O8. The molecule has 0 saturated carbocycles. The van der Waals surface area contributed by atoms with Gasteiger partial charge in [0.25, 0.3) is 0 Å². The summed E-state index contributed by atoms with van der Waals surface area (Å²) >= 11 is 0. The SMILES string of the molecule is COc1ccc2cc1OCCCN(C(=O)CCc1ccc3c(c1)OCO3)CC(=O)N[C@H](Cc1ccccc1)C(=O)NCc1nc-2oc1C. The number of aromatic nitrogens is 1. The lowest BCUT2D eigenvalue weighted by Crippen LogP contribution is -2.51. The largest absolute Gasteiger partial charge is 0.493 e. The van der Waals surface area contributed by atoms with Gasteiger partial charge in [0.15, 0.2) is 23.0 Å². The first-order valence-electron chi connectivity index (χ1n) is 15.9. The lowest BCUT2D eigenvalue weighted by molar-refractivity contribution is -0.137. The van der Waals surface area contributed by atoms with Crippen molar-refractivity contribution in [3.05, 3.63) is 89.3 Å². The van der Waals surface area contributed by atoms with Crippen molar-refractivity contribution in [2.75, 3.05) is 33.6 Å². The minimum atomic E-state index is -0.886. The Balaban J connectivity index is 1.23. The molecule has 0 aliphatic carbocycles. The van der Waals surface area contributed by atoms with E-state index < -0.39 is 11.9 Å². The first-order valence-corrected chi connectivity index (χ1v) is 15.9. The quantitative estimate of drug-likeness (QED) is 0.316. The molecule has 12 nitrogen and oxygen atoms in total. The Labute approximate surface area is 278 Å². The van der Waals surface area contributed by atoms with Crippen molar-refractivity contribution in [3.63, 3.8) is 0 Å². The first-order chi connectivity index (χ1) is 23.4. The monoisotopic (exact) mass is 654 g/mol. The average molecular weight is 655 g/mol. The van der Waals surface area contributed by atoms with Crippen LogP contribution in [0.3, 0.4) is 0 Å².